The number of aliphatic hydroxyl groups is 5. The molecule has 0 aromatic rings. The Hall–Kier alpha value is -0.360. The lowest BCUT2D eigenvalue weighted by Crippen LogP contribution is -2.53. The Kier molecular flexibility index (Phi) is 7.14. The maximum Gasteiger partial charge on any atom is 0.160 e. The lowest BCUT2D eigenvalue weighted by Gasteiger charge is -2.39. The number of ether oxygens (including phenoxy) is 4. The van der Waals surface area contributed by atoms with Crippen molar-refractivity contribution < 1.29 is 44.5 Å². The zero-order chi connectivity index (χ0) is 17.0. The van der Waals surface area contributed by atoms with E-state index in [0.717, 1.165) is 0 Å². The van der Waals surface area contributed by atoms with Gasteiger partial charge < -0.3 is 44.5 Å². The summed E-state index contributed by atoms with van der Waals surface area (Å²) in [7, 11) is 0. The summed E-state index contributed by atoms with van der Waals surface area (Å²) in [5.41, 5.74) is 0. The molecule has 5 N–H and O–H groups in total. The highest BCUT2D eigenvalue weighted by Crippen LogP contribution is 2.25. The van der Waals surface area contributed by atoms with Gasteiger partial charge in [0.05, 0.1) is 25.4 Å². The molecule has 2 aliphatic rings. The molecule has 2 fully saturated rings. The average Bonchev–Trinajstić information content (AvgIpc) is 2.52. The fourth-order valence-electron chi connectivity index (χ4n) is 2.72. The molecule has 23 heavy (non-hydrogen) atoms. The molecule has 2 saturated heterocycles. The van der Waals surface area contributed by atoms with Crippen LogP contribution in [0, 0.1) is 0 Å². The first-order chi connectivity index (χ1) is 11.0. The van der Waals surface area contributed by atoms with E-state index in [1.165, 1.54) is 0 Å². The van der Waals surface area contributed by atoms with Crippen LogP contribution in [0.5, 0.6) is 0 Å². The van der Waals surface area contributed by atoms with Gasteiger partial charge in [0.1, 0.15) is 24.4 Å². The van der Waals surface area contributed by atoms with Crippen LogP contribution in [0.1, 0.15) is 19.8 Å². The van der Waals surface area contributed by atoms with Gasteiger partial charge in [-0.1, -0.05) is 0 Å². The van der Waals surface area contributed by atoms with Crippen molar-refractivity contribution in [2.45, 2.75) is 69.0 Å². The van der Waals surface area contributed by atoms with E-state index in [4.69, 9.17) is 24.1 Å². The van der Waals surface area contributed by atoms with Gasteiger partial charge >= 0.3 is 0 Å². The zero-order valence-corrected chi connectivity index (χ0v) is 13.0. The maximum absolute atomic E-state index is 9.96. The normalized spacial score (nSPS) is 45.1. The molecule has 9 nitrogen and oxygen atoms in total. The quantitative estimate of drug-likeness (QED) is 0.362. The molecule has 0 saturated carbocycles. The molecule has 0 spiro atoms. The molecule has 9 heteroatoms. The van der Waals surface area contributed by atoms with Crippen molar-refractivity contribution in [1.82, 2.24) is 0 Å². The minimum atomic E-state index is -1.18. The largest absolute Gasteiger partial charge is 0.394 e. The van der Waals surface area contributed by atoms with Crippen LogP contribution >= 0.6 is 0 Å². The van der Waals surface area contributed by atoms with Crippen LogP contribution in [0.25, 0.3) is 0 Å². The van der Waals surface area contributed by atoms with Gasteiger partial charge in [-0.3, -0.25) is 0 Å². The lowest BCUT2D eigenvalue weighted by molar-refractivity contribution is -0.291. The van der Waals surface area contributed by atoms with Gasteiger partial charge in [0.15, 0.2) is 12.6 Å². The molecule has 0 aromatic carbocycles. The van der Waals surface area contributed by atoms with E-state index in [-0.39, 0.29) is 19.4 Å². The average molecular weight is 338 g/mol. The second-order valence-electron chi connectivity index (χ2n) is 5.77. The minimum Gasteiger partial charge on any atom is -0.394 e. The van der Waals surface area contributed by atoms with Crippen molar-refractivity contribution in [2.75, 3.05) is 19.8 Å². The van der Waals surface area contributed by atoms with E-state index in [9.17, 15) is 20.4 Å². The number of rotatable bonds is 6. The Labute approximate surface area is 134 Å². The van der Waals surface area contributed by atoms with E-state index < -0.39 is 55.8 Å². The highest BCUT2D eigenvalue weighted by Gasteiger charge is 2.40. The van der Waals surface area contributed by atoms with E-state index >= 15 is 0 Å². The molecule has 0 aromatic heterocycles. The summed E-state index contributed by atoms with van der Waals surface area (Å²) in [6.45, 7) is 1.66. The predicted octanol–water partition coefficient (Wildman–Crippen LogP) is -2.29. The predicted molar refractivity (Wildman–Crippen MR) is 75.2 cm³/mol. The smallest absolute Gasteiger partial charge is 0.160 e. The van der Waals surface area contributed by atoms with E-state index in [1.54, 1.807) is 6.92 Å². The lowest BCUT2D eigenvalue weighted by atomic mass is 10.0. The third kappa shape index (κ3) is 4.81. The molecule has 8 atom stereocenters. The Morgan fingerprint density at radius 2 is 1.39 bits per heavy atom. The molecule has 0 bridgehead atoms. The summed E-state index contributed by atoms with van der Waals surface area (Å²) < 4.78 is 21.6. The zero-order valence-electron chi connectivity index (χ0n) is 13.0. The first-order valence-electron chi connectivity index (χ1n) is 7.83. The number of hydrogen-bond donors (Lipinski definition) is 5. The highest BCUT2D eigenvalue weighted by molar-refractivity contribution is 4.85. The molecule has 2 rings (SSSR count). The molecule has 0 amide bonds. The van der Waals surface area contributed by atoms with Gasteiger partial charge in [0.2, 0.25) is 0 Å². The van der Waals surface area contributed by atoms with Gasteiger partial charge in [-0.2, -0.15) is 0 Å². The van der Waals surface area contributed by atoms with Crippen molar-refractivity contribution >= 4 is 0 Å². The standard InChI is InChI=1S/C14H26O9/c1-2-20-11-3-8(17)14(19)10(23-11)6-21-12-4-7(16)13(18)9(5-15)22-12/h7-19H,2-6H2,1H3/t7?,8?,9-,10?,11+,12+,13+,14+/m1/s1. The number of aliphatic hydroxyl groups excluding tert-OH is 5. The monoisotopic (exact) mass is 338 g/mol. The van der Waals surface area contributed by atoms with Crippen LogP contribution < -0.4 is 0 Å². The van der Waals surface area contributed by atoms with Crippen LogP contribution in [0.3, 0.4) is 0 Å². The summed E-state index contributed by atoms with van der Waals surface area (Å²) in [6, 6.07) is 0. The van der Waals surface area contributed by atoms with Gasteiger partial charge in [-0.25, -0.2) is 0 Å². The Balaban J connectivity index is 1.86. The van der Waals surface area contributed by atoms with Crippen LogP contribution in [0.15, 0.2) is 0 Å². The minimum absolute atomic E-state index is 0.0257. The van der Waals surface area contributed by atoms with E-state index in [1.807, 2.05) is 0 Å². The van der Waals surface area contributed by atoms with E-state index in [2.05, 4.69) is 0 Å². The molecular formula is C14H26O9. The summed E-state index contributed by atoms with van der Waals surface area (Å²) in [5.74, 6) is 0. The molecular weight excluding hydrogens is 312 g/mol. The summed E-state index contributed by atoms with van der Waals surface area (Å²) >= 11 is 0. The van der Waals surface area contributed by atoms with Crippen LogP contribution in [0.4, 0.5) is 0 Å². The molecule has 136 valence electrons. The second-order valence-corrected chi connectivity index (χ2v) is 5.77. The Bertz CT molecular complexity index is 355. The van der Waals surface area contributed by atoms with Crippen molar-refractivity contribution in [3.63, 3.8) is 0 Å². The topological polar surface area (TPSA) is 138 Å². The third-order valence-electron chi connectivity index (χ3n) is 4.05. The Morgan fingerprint density at radius 1 is 0.870 bits per heavy atom. The summed E-state index contributed by atoms with van der Waals surface area (Å²) in [5, 5.41) is 48.3. The summed E-state index contributed by atoms with van der Waals surface area (Å²) in [4.78, 5) is 0. The Morgan fingerprint density at radius 3 is 1.96 bits per heavy atom. The van der Waals surface area contributed by atoms with Gasteiger partial charge in [0, 0.05) is 19.4 Å². The fraction of sp³-hybridized carbons (Fsp3) is 1.00. The molecule has 2 heterocycles. The molecule has 0 radical (unpaired) electrons. The maximum atomic E-state index is 9.96. The first-order valence-corrected chi connectivity index (χ1v) is 7.83. The van der Waals surface area contributed by atoms with Crippen LogP contribution in [-0.2, 0) is 18.9 Å². The van der Waals surface area contributed by atoms with Crippen molar-refractivity contribution in [2.24, 2.45) is 0 Å². The third-order valence-corrected chi connectivity index (χ3v) is 4.05. The molecule has 0 aliphatic carbocycles. The molecule has 2 aliphatic heterocycles. The van der Waals surface area contributed by atoms with Crippen molar-refractivity contribution in [3.05, 3.63) is 0 Å². The van der Waals surface area contributed by atoms with Crippen molar-refractivity contribution in [1.29, 1.82) is 0 Å². The number of hydrogen-bond acceptors (Lipinski definition) is 9. The highest BCUT2D eigenvalue weighted by atomic mass is 16.7. The summed E-state index contributed by atoms with van der Waals surface area (Å²) in [6.07, 6.45) is -7.41. The van der Waals surface area contributed by atoms with Gasteiger partial charge in [-0.15, -0.1) is 0 Å². The fourth-order valence-corrected chi connectivity index (χ4v) is 2.72. The second kappa shape index (κ2) is 8.65. The van der Waals surface area contributed by atoms with Crippen molar-refractivity contribution in [3.8, 4) is 0 Å². The van der Waals surface area contributed by atoms with Crippen LogP contribution in [0.2, 0.25) is 0 Å². The molecule has 3 unspecified atom stereocenters. The van der Waals surface area contributed by atoms with Gasteiger partial charge in [0.25, 0.3) is 0 Å². The first kappa shape index (κ1) is 19.0. The van der Waals surface area contributed by atoms with E-state index in [0.29, 0.717) is 6.61 Å². The SMILES string of the molecule is CCO[C@@H]1CC(O)[C@H](O)C(CO[C@@H]2CC(O)[C@H](O)[C@@H](CO)O2)O1. The van der Waals surface area contributed by atoms with Crippen LogP contribution in [-0.4, -0.2) is 94.6 Å². The van der Waals surface area contributed by atoms with Gasteiger partial charge in [-0.05, 0) is 6.92 Å².